The maximum Gasteiger partial charge on any atom is 0.119 e. The van der Waals surface area contributed by atoms with Gasteiger partial charge in [-0.1, -0.05) is 61.3 Å². The summed E-state index contributed by atoms with van der Waals surface area (Å²) < 4.78 is 5.99. The van der Waals surface area contributed by atoms with Crippen LogP contribution in [-0.2, 0) is 0 Å². The lowest BCUT2D eigenvalue weighted by Crippen LogP contribution is -2.29. The molecule has 0 saturated heterocycles. The van der Waals surface area contributed by atoms with E-state index >= 15 is 0 Å². The maximum atomic E-state index is 6.54. The molecule has 1 heterocycles. The van der Waals surface area contributed by atoms with E-state index in [-0.39, 0.29) is 6.04 Å². The highest BCUT2D eigenvalue weighted by molar-refractivity contribution is 6.42. The van der Waals surface area contributed by atoms with E-state index in [1.165, 1.54) is 5.56 Å². The molecule has 3 atom stereocenters. The lowest BCUT2D eigenvalue weighted by Gasteiger charge is -2.38. The summed E-state index contributed by atoms with van der Waals surface area (Å²) in [6.07, 6.45) is 6.71. The van der Waals surface area contributed by atoms with Gasteiger partial charge in [0.2, 0.25) is 0 Å². The molecule has 142 valence electrons. The second-order valence-corrected chi connectivity index (χ2v) is 8.68. The van der Waals surface area contributed by atoms with Crippen LogP contribution in [-0.4, -0.2) is 6.61 Å². The molecule has 1 N–H and O–H groups in total. The number of hydrogen-bond donors (Lipinski definition) is 1. The minimum atomic E-state index is 0.149. The number of hydrogen-bond acceptors (Lipinski definition) is 2. The van der Waals surface area contributed by atoms with Crippen molar-refractivity contribution in [2.24, 2.45) is 11.8 Å². The Kier molecular flexibility index (Phi) is 5.39. The van der Waals surface area contributed by atoms with Gasteiger partial charge in [0.1, 0.15) is 5.75 Å². The van der Waals surface area contributed by atoms with Crippen molar-refractivity contribution >= 4 is 28.9 Å². The Morgan fingerprint density at radius 2 is 2.00 bits per heavy atom. The van der Waals surface area contributed by atoms with E-state index in [4.69, 9.17) is 27.9 Å². The largest absolute Gasteiger partial charge is 0.494 e. The molecule has 0 radical (unpaired) electrons. The van der Waals surface area contributed by atoms with Gasteiger partial charge < -0.3 is 10.1 Å². The molecule has 1 aliphatic heterocycles. The first-order valence-electron chi connectivity index (χ1n) is 9.68. The first kappa shape index (κ1) is 18.7. The van der Waals surface area contributed by atoms with Gasteiger partial charge in [0.15, 0.2) is 0 Å². The van der Waals surface area contributed by atoms with Gasteiger partial charge in [-0.15, -0.1) is 0 Å². The average molecular weight is 402 g/mol. The van der Waals surface area contributed by atoms with Gasteiger partial charge >= 0.3 is 0 Å². The minimum absolute atomic E-state index is 0.149. The summed E-state index contributed by atoms with van der Waals surface area (Å²) >= 11 is 12.8. The van der Waals surface area contributed by atoms with Crippen molar-refractivity contribution in [3.05, 3.63) is 69.7 Å². The number of fused-ring (bicyclic) bond motifs is 3. The van der Waals surface area contributed by atoms with Gasteiger partial charge in [-0.05, 0) is 60.1 Å². The zero-order chi connectivity index (χ0) is 19.0. The smallest absolute Gasteiger partial charge is 0.119 e. The summed E-state index contributed by atoms with van der Waals surface area (Å²) in [6.45, 7) is 5.19. The summed E-state index contributed by atoms with van der Waals surface area (Å²) in [5.74, 6) is 2.40. The monoisotopic (exact) mass is 401 g/mol. The van der Waals surface area contributed by atoms with Crippen LogP contribution in [0.4, 0.5) is 5.69 Å². The van der Waals surface area contributed by atoms with Gasteiger partial charge in [-0.3, -0.25) is 0 Å². The van der Waals surface area contributed by atoms with Crippen LogP contribution in [0.2, 0.25) is 10.0 Å². The molecule has 0 aromatic heterocycles. The van der Waals surface area contributed by atoms with Crippen molar-refractivity contribution in [1.29, 1.82) is 0 Å². The van der Waals surface area contributed by atoms with E-state index < -0.39 is 0 Å². The van der Waals surface area contributed by atoms with Crippen molar-refractivity contribution in [3.63, 3.8) is 0 Å². The van der Waals surface area contributed by atoms with Crippen LogP contribution in [0.15, 0.2) is 48.6 Å². The molecule has 0 amide bonds. The highest BCUT2D eigenvalue weighted by Crippen LogP contribution is 2.51. The molecule has 2 nitrogen and oxygen atoms in total. The number of benzene rings is 2. The molecule has 2 aromatic carbocycles. The molecule has 0 bridgehead atoms. The van der Waals surface area contributed by atoms with Crippen molar-refractivity contribution < 1.29 is 4.74 Å². The Labute approximate surface area is 171 Å². The van der Waals surface area contributed by atoms with Crippen LogP contribution in [0.25, 0.3) is 0 Å². The van der Waals surface area contributed by atoms with E-state index in [0.29, 0.717) is 27.8 Å². The molecule has 3 unspecified atom stereocenters. The van der Waals surface area contributed by atoms with Gasteiger partial charge in [0.05, 0.1) is 22.7 Å². The second kappa shape index (κ2) is 7.77. The van der Waals surface area contributed by atoms with E-state index in [1.807, 2.05) is 12.1 Å². The lowest BCUT2D eigenvalue weighted by molar-refractivity contribution is 0.289. The van der Waals surface area contributed by atoms with Gasteiger partial charge in [0, 0.05) is 11.6 Å². The molecule has 2 aromatic rings. The Balaban J connectivity index is 1.63. The third kappa shape index (κ3) is 3.70. The molecular formula is C23H25Cl2NO. The average Bonchev–Trinajstić information content (AvgIpc) is 3.13. The first-order chi connectivity index (χ1) is 13.0. The fourth-order valence-electron chi connectivity index (χ4n) is 4.14. The van der Waals surface area contributed by atoms with Crippen LogP contribution in [0.1, 0.15) is 49.8 Å². The standard InChI is InChI=1S/C23H25Cl2NO/c1-14(2)11-12-27-15-9-10-21-19(13-15)16-5-3-6-17(16)23(26-21)18-7-4-8-20(24)22(18)25/h3-5,7-10,13-14,16-17,23,26H,6,11-12H2,1-2H3. The lowest BCUT2D eigenvalue weighted by atomic mass is 9.77. The van der Waals surface area contributed by atoms with E-state index in [9.17, 15) is 0 Å². The highest BCUT2D eigenvalue weighted by Gasteiger charge is 2.39. The quantitative estimate of drug-likeness (QED) is 0.532. The van der Waals surface area contributed by atoms with Gasteiger partial charge in [-0.2, -0.15) is 0 Å². The number of ether oxygens (including phenoxy) is 1. The number of allylic oxidation sites excluding steroid dienone is 2. The SMILES string of the molecule is CC(C)CCOc1ccc2c(c1)C1C=CCC1C(c1cccc(Cl)c1Cl)N2. The normalized spacial score (nSPS) is 23.1. The zero-order valence-electron chi connectivity index (χ0n) is 15.7. The molecular weight excluding hydrogens is 377 g/mol. The summed E-state index contributed by atoms with van der Waals surface area (Å²) in [5, 5.41) is 4.98. The van der Waals surface area contributed by atoms with Crippen molar-refractivity contribution in [1.82, 2.24) is 0 Å². The number of rotatable bonds is 5. The highest BCUT2D eigenvalue weighted by atomic mass is 35.5. The van der Waals surface area contributed by atoms with Gasteiger partial charge in [-0.25, -0.2) is 0 Å². The van der Waals surface area contributed by atoms with Crippen molar-refractivity contribution in [2.75, 3.05) is 11.9 Å². The molecule has 4 heteroatoms. The third-order valence-electron chi connectivity index (χ3n) is 5.61. The molecule has 0 saturated carbocycles. The van der Waals surface area contributed by atoms with Crippen LogP contribution in [0.5, 0.6) is 5.75 Å². The fourth-order valence-corrected chi connectivity index (χ4v) is 4.57. The van der Waals surface area contributed by atoms with Crippen LogP contribution in [0.3, 0.4) is 0 Å². The van der Waals surface area contributed by atoms with Crippen LogP contribution >= 0.6 is 23.2 Å². The molecule has 1 aliphatic carbocycles. The minimum Gasteiger partial charge on any atom is -0.494 e. The van der Waals surface area contributed by atoms with Crippen LogP contribution < -0.4 is 10.1 Å². The number of anilines is 1. The predicted octanol–water partition coefficient (Wildman–Crippen LogP) is 7.24. The summed E-state index contributed by atoms with van der Waals surface area (Å²) in [4.78, 5) is 0. The van der Waals surface area contributed by atoms with E-state index in [0.717, 1.165) is 36.4 Å². The summed E-state index contributed by atoms with van der Waals surface area (Å²) in [5.41, 5.74) is 3.54. The predicted molar refractivity (Wildman–Crippen MR) is 114 cm³/mol. The Hall–Kier alpha value is -1.64. The maximum absolute atomic E-state index is 6.54. The summed E-state index contributed by atoms with van der Waals surface area (Å²) in [7, 11) is 0. The van der Waals surface area contributed by atoms with Crippen molar-refractivity contribution in [2.45, 2.75) is 38.6 Å². The molecule has 4 rings (SSSR count). The van der Waals surface area contributed by atoms with Crippen molar-refractivity contribution in [3.8, 4) is 5.75 Å². The van der Waals surface area contributed by atoms with Crippen LogP contribution in [0, 0.1) is 11.8 Å². The number of halogens is 2. The topological polar surface area (TPSA) is 21.3 Å². The number of nitrogens with one attached hydrogen (secondary N) is 1. The van der Waals surface area contributed by atoms with E-state index in [2.05, 4.69) is 55.6 Å². The van der Waals surface area contributed by atoms with Gasteiger partial charge in [0.25, 0.3) is 0 Å². The molecule has 27 heavy (non-hydrogen) atoms. The third-order valence-corrected chi connectivity index (χ3v) is 6.45. The van der Waals surface area contributed by atoms with E-state index in [1.54, 1.807) is 0 Å². The summed E-state index contributed by atoms with van der Waals surface area (Å²) in [6, 6.07) is 12.4. The second-order valence-electron chi connectivity index (χ2n) is 7.90. The fraction of sp³-hybridized carbons (Fsp3) is 0.391. The first-order valence-corrected chi connectivity index (χ1v) is 10.4. The Morgan fingerprint density at radius 1 is 1.15 bits per heavy atom. The Bertz CT molecular complexity index is 861. The zero-order valence-corrected chi connectivity index (χ0v) is 17.2. The molecule has 2 aliphatic rings. The molecule has 0 fully saturated rings. The Morgan fingerprint density at radius 3 is 2.81 bits per heavy atom. The molecule has 0 spiro atoms.